The lowest BCUT2D eigenvalue weighted by molar-refractivity contribution is -0.118. The van der Waals surface area contributed by atoms with E-state index in [9.17, 15) is 13.6 Å². The number of hydrogen-bond donors (Lipinski definition) is 1. The molecule has 21 heavy (non-hydrogen) atoms. The van der Waals surface area contributed by atoms with E-state index >= 15 is 0 Å². The zero-order valence-corrected chi connectivity index (χ0v) is 11.5. The zero-order valence-electron chi connectivity index (χ0n) is 11.5. The van der Waals surface area contributed by atoms with Gasteiger partial charge in [0.05, 0.1) is 0 Å². The van der Waals surface area contributed by atoms with E-state index in [1.165, 1.54) is 6.07 Å². The molecule has 0 saturated carbocycles. The maximum atomic E-state index is 13.0. The molecule has 0 radical (unpaired) electrons. The lowest BCUT2D eigenvalue weighted by atomic mass is 10.1. The summed E-state index contributed by atoms with van der Waals surface area (Å²) in [6.45, 7) is 1.71. The molecule has 0 aliphatic rings. The van der Waals surface area contributed by atoms with E-state index in [-0.39, 0.29) is 18.3 Å². The third-order valence-electron chi connectivity index (χ3n) is 2.93. The number of anilines is 1. The van der Waals surface area contributed by atoms with Crippen molar-refractivity contribution in [3.63, 3.8) is 0 Å². The number of para-hydroxylation sites is 1. The number of nitrogens with one attached hydrogen (secondary N) is 1. The predicted molar refractivity (Wildman–Crippen MR) is 76.3 cm³/mol. The molecule has 0 aliphatic carbocycles. The van der Waals surface area contributed by atoms with Gasteiger partial charge in [-0.25, -0.2) is 8.78 Å². The molecule has 0 aliphatic heterocycles. The molecule has 110 valence electrons. The predicted octanol–water partition coefficient (Wildman–Crippen LogP) is 3.54. The van der Waals surface area contributed by atoms with Gasteiger partial charge in [-0.3, -0.25) is 4.79 Å². The first-order valence-electron chi connectivity index (χ1n) is 6.55. The second-order valence-corrected chi connectivity index (χ2v) is 4.42. The molecule has 2 aromatic rings. The van der Waals surface area contributed by atoms with Crippen molar-refractivity contribution in [3.8, 4) is 5.75 Å². The second kappa shape index (κ2) is 6.83. The summed E-state index contributed by atoms with van der Waals surface area (Å²) in [6.07, 6.45) is 0.792. The minimum absolute atomic E-state index is 0.104. The molecule has 5 heteroatoms. The van der Waals surface area contributed by atoms with Gasteiger partial charge in [0.1, 0.15) is 5.75 Å². The number of carbonyl (C=O) groups is 1. The van der Waals surface area contributed by atoms with Gasteiger partial charge in [0.15, 0.2) is 18.2 Å². The zero-order chi connectivity index (χ0) is 15.2. The average Bonchev–Trinajstić information content (AvgIpc) is 2.49. The smallest absolute Gasteiger partial charge is 0.262 e. The highest BCUT2D eigenvalue weighted by atomic mass is 19.2. The van der Waals surface area contributed by atoms with E-state index < -0.39 is 11.6 Å². The maximum Gasteiger partial charge on any atom is 0.262 e. The van der Waals surface area contributed by atoms with E-state index in [0.717, 1.165) is 29.8 Å². The Bertz CT molecular complexity index is 644. The largest absolute Gasteiger partial charge is 0.484 e. The van der Waals surface area contributed by atoms with Crippen molar-refractivity contribution >= 4 is 11.6 Å². The molecule has 0 saturated heterocycles. The van der Waals surface area contributed by atoms with Gasteiger partial charge in [-0.1, -0.05) is 25.1 Å². The minimum Gasteiger partial charge on any atom is -0.484 e. The van der Waals surface area contributed by atoms with Crippen molar-refractivity contribution in [1.29, 1.82) is 0 Å². The highest BCUT2D eigenvalue weighted by Gasteiger charge is 2.08. The Labute approximate surface area is 121 Å². The maximum absolute atomic E-state index is 13.0. The molecular formula is C16H15F2NO2. The molecule has 2 aromatic carbocycles. The molecule has 0 aromatic heterocycles. The molecule has 1 amide bonds. The Morgan fingerprint density at radius 2 is 1.90 bits per heavy atom. The molecule has 2 rings (SSSR count). The Hall–Kier alpha value is -2.43. The molecule has 0 spiro atoms. The minimum atomic E-state index is -1.01. The highest BCUT2D eigenvalue weighted by molar-refractivity contribution is 5.92. The number of hydrogen-bond acceptors (Lipinski definition) is 2. The summed E-state index contributed by atoms with van der Waals surface area (Å²) in [4.78, 5) is 11.8. The first-order valence-corrected chi connectivity index (χ1v) is 6.55. The van der Waals surface area contributed by atoms with Gasteiger partial charge in [-0.15, -0.1) is 0 Å². The van der Waals surface area contributed by atoms with Crippen molar-refractivity contribution in [2.24, 2.45) is 0 Å². The molecule has 1 N–H and O–H groups in total. The Morgan fingerprint density at radius 3 is 2.62 bits per heavy atom. The molecule has 0 fully saturated rings. The second-order valence-electron chi connectivity index (χ2n) is 4.42. The molecular weight excluding hydrogens is 276 g/mol. The summed E-state index contributed by atoms with van der Waals surface area (Å²) < 4.78 is 30.9. The lowest BCUT2D eigenvalue weighted by Gasteiger charge is -2.10. The van der Waals surface area contributed by atoms with E-state index in [0.29, 0.717) is 0 Å². The number of halogens is 2. The third-order valence-corrected chi connectivity index (χ3v) is 2.93. The lowest BCUT2D eigenvalue weighted by Crippen LogP contribution is -2.20. The molecule has 0 unspecified atom stereocenters. The topological polar surface area (TPSA) is 38.3 Å². The molecule has 3 nitrogen and oxygen atoms in total. The van der Waals surface area contributed by atoms with Crippen LogP contribution in [0.1, 0.15) is 12.5 Å². The van der Waals surface area contributed by atoms with Gasteiger partial charge in [0.25, 0.3) is 5.91 Å². The number of amides is 1. The number of aryl methyl sites for hydroxylation is 1. The van der Waals surface area contributed by atoms with Gasteiger partial charge in [0.2, 0.25) is 0 Å². The third kappa shape index (κ3) is 4.02. The van der Waals surface area contributed by atoms with Crippen LogP contribution in [0.4, 0.5) is 14.5 Å². The first-order chi connectivity index (χ1) is 10.1. The van der Waals surface area contributed by atoms with Gasteiger partial charge >= 0.3 is 0 Å². The van der Waals surface area contributed by atoms with Crippen LogP contribution < -0.4 is 10.1 Å². The van der Waals surface area contributed by atoms with Crippen LogP contribution in [-0.4, -0.2) is 12.5 Å². The SMILES string of the molecule is CCc1ccccc1NC(=O)COc1ccc(F)c(F)c1. The molecule has 0 bridgehead atoms. The highest BCUT2D eigenvalue weighted by Crippen LogP contribution is 2.17. The van der Waals surface area contributed by atoms with Crippen molar-refractivity contribution in [1.82, 2.24) is 0 Å². The Balaban J connectivity index is 1.94. The van der Waals surface area contributed by atoms with Crippen LogP contribution in [0, 0.1) is 11.6 Å². The van der Waals surface area contributed by atoms with Gasteiger partial charge in [-0.05, 0) is 30.2 Å². The number of benzene rings is 2. The van der Waals surface area contributed by atoms with Crippen molar-refractivity contribution in [2.75, 3.05) is 11.9 Å². The standard InChI is InChI=1S/C16H15F2NO2/c1-2-11-5-3-4-6-15(11)19-16(20)10-21-12-7-8-13(17)14(18)9-12/h3-9H,2,10H2,1H3,(H,19,20). The number of rotatable bonds is 5. The van der Waals surface area contributed by atoms with Crippen molar-refractivity contribution in [2.45, 2.75) is 13.3 Å². The summed E-state index contributed by atoms with van der Waals surface area (Å²) in [7, 11) is 0. The summed E-state index contributed by atoms with van der Waals surface area (Å²) in [5, 5.41) is 2.73. The number of carbonyl (C=O) groups excluding carboxylic acids is 1. The average molecular weight is 291 g/mol. The monoisotopic (exact) mass is 291 g/mol. The van der Waals surface area contributed by atoms with Gasteiger partial charge in [0, 0.05) is 11.8 Å². The summed E-state index contributed by atoms with van der Waals surface area (Å²) in [6, 6.07) is 10.6. The fourth-order valence-electron chi connectivity index (χ4n) is 1.85. The van der Waals surface area contributed by atoms with Crippen LogP contribution in [0.2, 0.25) is 0 Å². The molecule has 0 heterocycles. The fourth-order valence-corrected chi connectivity index (χ4v) is 1.85. The first kappa shape index (κ1) is 15.0. The van der Waals surface area contributed by atoms with Crippen LogP contribution >= 0.6 is 0 Å². The van der Waals surface area contributed by atoms with E-state index in [1.54, 1.807) is 6.07 Å². The van der Waals surface area contributed by atoms with Crippen molar-refractivity contribution in [3.05, 3.63) is 59.7 Å². The van der Waals surface area contributed by atoms with Gasteiger partial charge < -0.3 is 10.1 Å². The van der Waals surface area contributed by atoms with E-state index in [2.05, 4.69) is 5.32 Å². The van der Waals surface area contributed by atoms with Crippen LogP contribution in [-0.2, 0) is 11.2 Å². The fraction of sp³-hybridized carbons (Fsp3) is 0.188. The normalized spacial score (nSPS) is 10.2. The van der Waals surface area contributed by atoms with Crippen LogP contribution in [0.3, 0.4) is 0 Å². The summed E-state index contributed by atoms with van der Waals surface area (Å²) >= 11 is 0. The number of ether oxygens (including phenoxy) is 1. The van der Waals surface area contributed by atoms with Crippen molar-refractivity contribution < 1.29 is 18.3 Å². The Kier molecular flexibility index (Phi) is 4.87. The van der Waals surface area contributed by atoms with Crippen LogP contribution in [0.25, 0.3) is 0 Å². The summed E-state index contributed by atoms with van der Waals surface area (Å²) in [5.41, 5.74) is 1.73. The summed E-state index contributed by atoms with van der Waals surface area (Å²) in [5.74, 6) is -2.22. The van der Waals surface area contributed by atoms with Crippen LogP contribution in [0.15, 0.2) is 42.5 Å². The van der Waals surface area contributed by atoms with Gasteiger partial charge in [-0.2, -0.15) is 0 Å². The Morgan fingerprint density at radius 1 is 1.14 bits per heavy atom. The van der Waals surface area contributed by atoms with E-state index in [4.69, 9.17) is 4.74 Å². The quantitative estimate of drug-likeness (QED) is 0.915. The molecule has 0 atom stereocenters. The van der Waals surface area contributed by atoms with E-state index in [1.807, 2.05) is 25.1 Å². The van der Waals surface area contributed by atoms with Crippen LogP contribution in [0.5, 0.6) is 5.75 Å².